The number of hydrogen-bond acceptors (Lipinski definition) is 4. The lowest BCUT2D eigenvalue weighted by Crippen LogP contribution is -2.41. The molecule has 0 saturated carbocycles. The molecule has 0 atom stereocenters. The molecule has 0 aliphatic carbocycles. The van der Waals surface area contributed by atoms with E-state index in [2.05, 4.69) is 63.0 Å². The number of aromatic nitrogens is 3. The van der Waals surface area contributed by atoms with Crippen LogP contribution in [0.3, 0.4) is 0 Å². The highest BCUT2D eigenvalue weighted by atomic mass is 127. The zero-order valence-corrected chi connectivity index (χ0v) is 20.0. The van der Waals surface area contributed by atoms with Crippen molar-refractivity contribution in [2.24, 2.45) is 4.99 Å². The number of nitrogens with one attached hydrogen (secondary N) is 2. The quantitative estimate of drug-likeness (QED) is 0.253. The summed E-state index contributed by atoms with van der Waals surface area (Å²) in [6.45, 7) is 12.7. The minimum atomic E-state index is 0. The molecule has 1 aliphatic rings. The summed E-state index contributed by atoms with van der Waals surface area (Å²) in [5, 5.41) is 15.5. The lowest BCUT2D eigenvalue weighted by atomic mass is 10.2. The fourth-order valence-electron chi connectivity index (χ4n) is 3.64. The zero-order valence-electron chi connectivity index (χ0n) is 17.7. The van der Waals surface area contributed by atoms with Gasteiger partial charge in [0.2, 0.25) is 0 Å². The molecule has 0 bridgehead atoms. The molecule has 1 aromatic heterocycles. The van der Waals surface area contributed by atoms with E-state index in [0.717, 1.165) is 50.1 Å². The molecule has 0 radical (unpaired) electrons. The molecule has 0 spiro atoms. The third-order valence-electron chi connectivity index (χ3n) is 5.04. The summed E-state index contributed by atoms with van der Waals surface area (Å²) >= 11 is 0. The fraction of sp³-hybridized carbons (Fsp3) is 0.842. The average molecular weight is 491 g/mol. The van der Waals surface area contributed by atoms with Crippen LogP contribution >= 0.6 is 24.0 Å². The Morgan fingerprint density at radius 2 is 1.85 bits per heavy atom. The number of aliphatic imine (C=N–C) groups is 1. The number of nitrogens with zero attached hydrogens (tertiary/aromatic N) is 5. The van der Waals surface area contributed by atoms with Gasteiger partial charge in [-0.15, -0.1) is 34.2 Å². The van der Waals surface area contributed by atoms with Gasteiger partial charge >= 0.3 is 0 Å². The Kier molecular flexibility index (Phi) is 11.2. The number of fused-ring (bicyclic) bond motifs is 1. The van der Waals surface area contributed by atoms with Gasteiger partial charge in [-0.3, -0.25) is 9.89 Å². The number of rotatable bonds is 8. The number of hydrogen-bond donors (Lipinski definition) is 2. The second-order valence-corrected chi connectivity index (χ2v) is 7.63. The normalized spacial score (nSPS) is 14.9. The molecule has 7 nitrogen and oxygen atoms in total. The third-order valence-corrected chi connectivity index (χ3v) is 5.04. The molecule has 0 unspecified atom stereocenters. The summed E-state index contributed by atoms with van der Waals surface area (Å²) in [5.41, 5.74) is 0. The molecule has 1 aromatic rings. The van der Waals surface area contributed by atoms with Crippen molar-refractivity contribution in [1.82, 2.24) is 30.3 Å². The van der Waals surface area contributed by atoms with Crippen LogP contribution in [0, 0.1) is 0 Å². The molecule has 156 valence electrons. The summed E-state index contributed by atoms with van der Waals surface area (Å²) in [5.74, 6) is 2.97. The highest BCUT2D eigenvalue weighted by molar-refractivity contribution is 14.0. The maximum atomic E-state index is 4.37. The summed E-state index contributed by atoms with van der Waals surface area (Å²) in [7, 11) is 1.81. The van der Waals surface area contributed by atoms with Gasteiger partial charge in [0.05, 0.1) is 6.54 Å². The summed E-state index contributed by atoms with van der Waals surface area (Å²) in [4.78, 5) is 6.85. The van der Waals surface area contributed by atoms with Crippen LogP contribution in [-0.2, 0) is 19.5 Å². The van der Waals surface area contributed by atoms with Crippen LogP contribution < -0.4 is 10.6 Å². The van der Waals surface area contributed by atoms with Gasteiger partial charge in [-0.1, -0.05) is 6.42 Å². The summed E-state index contributed by atoms with van der Waals surface area (Å²) in [6.07, 6.45) is 5.86. The van der Waals surface area contributed by atoms with E-state index in [1.165, 1.54) is 19.3 Å². The Labute approximate surface area is 181 Å². The Morgan fingerprint density at radius 1 is 1.11 bits per heavy atom. The van der Waals surface area contributed by atoms with E-state index in [1.807, 2.05) is 7.05 Å². The van der Waals surface area contributed by atoms with Crippen molar-refractivity contribution >= 4 is 29.9 Å². The highest BCUT2D eigenvalue weighted by Crippen LogP contribution is 2.14. The molecule has 8 heteroatoms. The second-order valence-electron chi connectivity index (χ2n) is 7.63. The van der Waals surface area contributed by atoms with Crippen molar-refractivity contribution in [3.63, 3.8) is 0 Å². The van der Waals surface area contributed by atoms with Crippen molar-refractivity contribution in [2.45, 2.75) is 85.0 Å². The van der Waals surface area contributed by atoms with Gasteiger partial charge in [0.15, 0.2) is 11.8 Å². The van der Waals surface area contributed by atoms with Crippen LogP contribution in [0.5, 0.6) is 0 Å². The number of aryl methyl sites for hydroxylation is 1. The van der Waals surface area contributed by atoms with Crippen molar-refractivity contribution in [1.29, 1.82) is 0 Å². The smallest absolute Gasteiger partial charge is 0.191 e. The van der Waals surface area contributed by atoms with E-state index in [4.69, 9.17) is 0 Å². The van der Waals surface area contributed by atoms with Gasteiger partial charge in [0, 0.05) is 45.2 Å². The van der Waals surface area contributed by atoms with Gasteiger partial charge in [-0.2, -0.15) is 0 Å². The zero-order chi connectivity index (χ0) is 18.9. The largest absolute Gasteiger partial charge is 0.356 e. The van der Waals surface area contributed by atoms with E-state index in [0.29, 0.717) is 18.6 Å². The third kappa shape index (κ3) is 7.56. The van der Waals surface area contributed by atoms with Crippen LogP contribution in [0.2, 0.25) is 0 Å². The van der Waals surface area contributed by atoms with Gasteiger partial charge in [0.25, 0.3) is 0 Å². The maximum Gasteiger partial charge on any atom is 0.191 e. The Morgan fingerprint density at radius 3 is 2.52 bits per heavy atom. The first-order chi connectivity index (χ1) is 12.5. The molecule has 27 heavy (non-hydrogen) atoms. The molecule has 0 amide bonds. The minimum Gasteiger partial charge on any atom is -0.356 e. The second kappa shape index (κ2) is 12.5. The predicted octanol–water partition coefficient (Wildman–Crippen LogP) is 2.80. The van der Waals surface area contributed by atoms with Crippen molar-refractivity contribution in [3.8, 4) is 0 Å². The van der Waals surface area contributed by atoms with Crippen molar-refractivity contribution < 1.29 is 0 Å². The van der Waals surface area contributed by atoms with Crippen molar-refractivity contribution in [2.75, 3.05) is 20.1 Å². The molecule has 0 aromatic carbocycles. The van der Waals surface area contributed by atoms with E-state index in [-0.39, 0.29) is 24.0 Å². The molecular formula is C19H38IN7. The molecule has 2 heterocycles. The van der Waals surface area contributed by atoms with Crippen LogP contribution in [0.4, 0.5) is 0 Å². The first kappa shape index (κ1) is 24.1. The van der Waals surface area contributed by atoms with Gasteiger partial charge < -0.3 is 15.2 Å². The molecule has 1 aliphatic heterocycles. The molecule has 0 fully saturated rings. The molecule has 2 rings (SSSR count). The van der Waals surface area contributed by atoms with Gasteiger partial charge in [0.1, 0.15) is 5.82 Å². The first-order valence-corrected chi connectivity index (χ1v) is 10.1. The summed E-state index contributed by atoms with van der Waals surface area (Å²) < 4.78 is 2.27. The predicted molar refractivity (Wildman–Crippen MR) is 123 cm³/mol. The standard InChI is InChI=1S/C19H37N7.HI/c1-15(2)25(16(3)4)13-9-11-21-19(20-5)22-14-18-24-23-17-10-7-6-8-12-26(17)18;/h15-16H,6-14H2,1-5H3,(H2,20,21,22);1H. The van der Waals surface area contributed by atoms with Crippen LogP contribution in [0.25, 0.3) is 0 Å². The fourth-order valence-corrected chi connectivity index (χ4v) is 3.64. The lowest BCUT2D eigenvalue weighted by molar-refractivity contribution is 0.173. The summed E-state index contributed by atoms with van der Waals surface area (Å²) in [6, 6.07) is 1.16. The monoisotopic (exact) mass is 491 g/mol. The van der Waals surface area contributed by atoms with E-state index >= 15 is 0 Å². The first-order valence-electron chi connectivity index (χ1n) is 10.1. The minimum absolute atomic E-state index is 0. The SMILES string of the molecule is CN=C(NCCCN(C(C)C)C(C)C)NCc1nnc2n1CCCCC2.I. The van der Waals surface area contributed by atoms with Gasteiger partial charge in [-0.25, -0.2) is 0 Å². The average Bonchev–Trinajstić information content (AvgIpc) is 2.83. The topological polar surface area (TPSA) is 70.4 Å². The Balaban J connectivity index is 0.00000364. The molecule has 2 N–H and O–H groups in total. The van der Waals surface area contributed by atoms with E-state index in [9.17, 15) is 0 Å². The Bertz CT molecular complexity index is 560. The van der Waals surface area contributed by atoms with Crippen LogP contribution in [0.15, 0.2) is 4.99 Å². The van der Waals surface area contributed by atoms with Crippen LogP contribution in [0.1, 0.15) is 65.0 Å². The van der Waals surface area contributed by atoms with E-state index < -0.39 is 0 Å². The molecular weight excluding hydrogens is 453 g/mol. The number of halogens is 1. The number of guanidine groups is 1. The van der Waals surface area contributed by atoms with Gasteiger partial charge in [-0.05, 0) is 47.0 Å². The Hall–Kier alpha value is -0.900. The highest BCUT2D eigenvalue weighted by Gasteiger charge is 2.15. The van der Waals surface area contributed by atoms with Crippen molar-refractivity contribution in [3.05, 3.63) is 11.6 Å². The van der Waals surface area contributed by atoms with Crippen LogP contribution in [-0.4, -0.2) is 57.8 Å². The maximum absolute atomic E-state index is 4.37. The lowest BCUT2D eigenvalue weighted by Gasteiger charge is -2.30. The van der Waals surface area contributed by atoms with E-state index in [1.54, 1.807) is 0 Å². The molecule has 0 saturated heterocycles.